The van der Waals surface area contributed by atoms with E-state index in [1.54, 1.807) is 3.58 Å². The van der Waals surface area contributed by atoms with E-state index in [0.29, 0.717) is 0 Å². The maximum absolute atomic E-state index is 6.34. The third-order valence-electron chi connectivity index (χ3n) is 5.49. The average Bonchev–Trinajstić information content (AvgIpc) is 2.65. The van der Waals surface area contributed by atoms with E-state index in [1.165, 1.54) is 76.8 Å². The van der Waals surface area contributed by atoms with Gasteiger partial charge in [-0.25, -0.2) is 0 Å². The summed E-state index contributed by atoms with van der Waals surface area (Å²) in [7, 11) is 0. The van der Waals surface area contributed by atoms with E-state index in [2.05, 4.69) is 52.0 Å². The second-order valence-corrected chi connectivity index (χ2v) is 20.8. The molecule has 25 heavy (non-hydrogen) atoms. The summed E-state index contributed by atoms with van der Waals surface area (Å²) in [5.41, 5.74) is 0. The van der Waals surface area contributed by atoms with Crippen LogP contribution in [-0.4, -0.2) is 25.0 Å². The summed E-state index contributed by atoms with van der Waals surface area (Å²) in [6.07, 6.45) is 11.9. The fraction of sp³-hybridized carbons (Fsp3) is 0.739. The zero-order chi connectivity index (χ0) is 18.4. The van der Waals surface area contributed by atoms with Crippen LogP contribution in [0.1, 0.15) is 85.5 Å². The van der Waals surface area contributed by atoms with Crippen molar-refractivity contribution in [2.75, 3.05) is 6.61 Å². The van der Waals surface area contributed by atoms with Crippen molar-refractivity contribution in [2.24, 2.45) is 0 Å². The van der Waals surface area contributed by atoms with Gasteiger partial charge in [0.1, 0.15) is 0 Å². The van der Waals surface area contributed by atoms with Crippen LogP contribution in [0.4, 0.5) is 0 Å². The second kappa shape index (κ2) is 13.9. The van der Waals surface area contributed by atoms with Gasteiger partial charge in [0.25, 0.3) is 0 Å². The van der Waals surface area contributed by atoms with Crippen LogP contribution in [0.5, 0.6) is 5.75 Å². The molecule has 144 valence electrons. The predicted octanol–water partition coefficient (Wildman–Crippen LogP) is 7.31. The van der Waals surface area contributed by atoms with Crippen molar-refractivity contribution in [2.45, 2.75) is 98.8 Å². The molecule has 0 radical (unpaired) electrons. The first-order valence-corrected chi connectivity index (χ1v) is 18.4. The molecule has 0 amide bonds. The van der Waals surface area contributed by atoms with Gasteiger partial charge in [0.2, 0.25) is 0 Å². The minimum atomic E-state index is -2.38. The van der Waals surface area contributed by atoms with Crippen LogP contribution in [0.3, 0.4) is 0 Å². The van der Waals surface area contributed by atoms with Crippen LogP contribution < -0.4 is 8.32 Å². The van der Waals surface area contributed by atoms with Crippen LogP contribution in [0.25, 0.3) is 0 Å². The van der Waals surface area contributed by atoms with E-state index in [0.717, 1.165) is 6.61 Å². The Labute approximate surface area is 161 Å². The monoisotopic (exact) mass is 454 g/mol. The Morgan fingerprint density at radius 2 is 1.20 bits per heavy atom. The Bertz CT molecular complexity index is 422. The zero-order valence-corrected chi connectivity index (χ0v) is 20.3. The van der Waals surface area contributed by atoms with E-state index < -0.39 is 18.4 Å². The Morgan fingerprint density at radius 3 is 1.72 bits per heavy atom. The molecule has 0 aliphatic rings. The molecule has 0 unspecified atom stereocenters. The van der Waals surface area contributed by atoms with Crippen LogP contribution in [0, 0.1) is 0 Å². The van der Waals surface area contributed by atoms with Crippen molar-refractivity contribution in [1.82, 2.24) is 0 Å². The van der Waals surface area contributed by atoms with E-state index in [-0.39, 0.29) is 0 Å². The molecule has 1 aromatic rings. The van der Waals surface area contributed by atoms with Gasteiger partial charge in [-0.15, -0.1) is 0 Å². The molecule has 1 aromatic carbocycles. The van der Waals surface area contributed by atoms with Crippen molar-refractivity contribution < 1.29 is 4.74 Å². The number of benzene rings is 1. The third kappa shape index (κ3) is 7.93. The van der Waals surface area contributed by atoms with Crippen LogP contribution in [0.15, 0.2) is 24.3 Å². The Morgan fingerprint density at radius 1 is 0.680 bits per heavy atom. The van der Waals surface area contributed by atoms with Gasteiger partial charge in [-0.3, -0.25) is 0 Å². The van der Waals surface area contributed by atoms with Gasteiger partial charge >= 0.3 is 162 Å². The Hall–Kier alpha value is -0.181. The first-order valence-electron chi connectivity index (χ1n) is 11.0. The molecular weight excluding hydrogens is 411 g/mol. The molecule has 0 atom stereocenters. The molecule has 0 heterocycles. The first kappa shape index (κ1) is 22.9. The molecule has 0 fully saturated rings. The number of rotatable bonds is 15. The van der Waals surface area contributed by atoms with Crippen molar-refractivity contribution in [3.05, 3.63) is 24.3 Å². The van der Waals surface area contributed by atoms with E-state index in [4.69, 9.17) is 4.74 Å². The van der Waals surface area contributed by atoms with Gasteiger partial charge in [-0.2, -0.15) is 0 Å². The van der Waals surface area contributed by atoms with Crippen LogP contribution in [-0.2, 0) is 0 Å². The van der Waals surface area contributed by atoms with Gasteiger partial charge in [0, 0.05) is 0 Å². The van der Waals surface area contributed by atoms with Gasteiger partial charge in [-0.05, 0) is 0 Å². The summed E-state index contributed by atoms with van der Waals surface area (Å²) in [5.74, 6) is 1.25. The summed E-state index contributed by atoms with van der Waals surface area (Å²) >= 11 is -2.38. The third-order valence-corrected chi connectivity index (χ3v) is 21.2. The molecule has 0 aliphatic heterocycles. The van der Waals surface area contributed by atoms with E-state index in [1.807, 2.05) is 0 Å². The van der Waals surface area contributed by atoms with Gasteiger partial charge < -0.3 is 0 Å². The van der Waals surface area contributed by atoms with Gasteiger partial charge in [-0.1, -0.05) is 0 Å². The molecule has 0 aliphatic carbocycles. The number of hydrogen-bond donors (Lipinski definition) is 0. The van der Waals surface area contributed by atoms with Crippen LogP contribution in [0.2, 0.25) is 13.3 Å². The Kier molecular flexibility index (Phi) is 12.8. The summed E-state index contributed by atoms with van der Waals surface area (Å²) < 4.78 is 12.6. The normalized spacial score (nSPS) is 11.7. The van der Waals surface area contributed by atoms with Gasteiger partial charge in [0.05, 0.1) is 0 Å². The number of unbranched alkanes of at least 4 members (excludes halogenated alkanes) is 5. The molecular formula is C23H42OSn. The molecule has 0 N–H and O–H groups in total. The molecule has 0 saturated heterocycles. The SMILES string of the molecule is CCCCCOc1cccc[c]1[Sn]([CH2]CCC)([CH2]CCC)[CH2]CCC. The number of ether oxygens (including phenoxy) is 1. The predicted molar refractivity (Wildman–Crippen MR) is 116 cm³/mol. The molecule has 1 rings (SSSR count). The molecule has 2 heteroatoms. The summed E-state index contributed by atoms with van der Waals surface area (Å²) in [6, 6.07) is 9.15. The summed E-state index contributed by atoms with van der Waals surface area (Å²) in [5, 5.41) is 0. The zero-order valence-electron chi connectivity index (χ0n) is 17.4. The summed E-state index contributed by atoms with van der Waals surface area (Å²) in [4.78, 5) is 0. The van der Waals surface area contributed by atoms with E-state index >= 15 is 0 Å². The molecule has 1 nitrogen and oxygen atoms in total. The summed E-state index contributed by atoms with van der Waals surface area (Å²) in [6.45, 7) is 10.2. The topological polar surface area (TPSA) is 9.23 Å². The maximum atomic E-state index is 6.34. The standard InChI is InChI=1S/C11H15O.3C4H9.Sn/c1-2-3-7-10-12-11-8-5-4-6-9-11;3*1-3-4-2;/h4-6,8H,2-3,7,10H2,1H3;3*1,3-4H2,2H3;. The first-order chi connectivity index (χ1) is 12.2. The van der Waals surface area contributed by atoms with Crippen molar-refractivity contribution >= 4 is 22.0 Å². The van der Waals surface area contributed by atoms with Crippen molar-refractivity contribution in [3.8, 4) is 5.75 Å². The Balaban J connectivity index is 3.08. The average molecular weight is 453 g/mol. The number of para-hydroxylation sites is 1. The van der Waals surface area contributed by atoms with E-state index in [9.17, 15) is 0 Å². The van der Waals surface area contributed by atoms with Crippen molar-refractivity contribution in [1.29, 1.82) is 0 Å². The molecule has 0 aromatic heterocycles. The molecule has 0 spiro atoms. The molecule has 0 saturated carbocycles. The fourth-order valence-electron chi connectivity index (χ4n) is 3.89. The quantitative estimate of drug-likeness (QED) is 0.200. The molecule has 0 bridgehead atoms. The minimum absolute atomic E-state index is 0.891. The van der Waals surface area contributed by atoms with Gasteiger partial charge in [0.15, 0.2) is 0 Å². The van der Waals surface area contributed by atoms with Crippen LogP contribution >= 0.6 is 0 Å². The second-order valence-electron chi connectivity index (χ2n) is 7.64. The number of hydrogen-bond acceptors (Lipinski definition) is 1. The van der Waals surface area contributed by atoms with Crippen molar-refractivity contribution in [3.63, 3.8) is 0 Å². The fourth-order valence-corrected chi connectivity index (χ4v) is 20.4.